The molecule has 0 spiro atoms. The van der Waals surface area contributed by atoms with E-state index in [1.807, 2.05) is 36.4 Å². The van der Waals surface area contributed by atoms with E-state index >= 15 is 0 Å². The highest BCUT2D eigenvalue weighted by Crippen LogP contribution is 2.30. The number of ketones is 1. The second-order valence-corrected chi connectivity index (χ2v) is 7.01. The molecule has 1 aliphatic rings. The lowest BCUT2D eigenvalue weighted by Crippen LogP contribution is -2.46. The highest BCUT2D eigenvalue weighted by Gasteiger charge is 2.40. The third kappa shape index (κ3) is 4.94. The first-order valence-corrected chi connectivity index (χ1v) is 9.31. The number of piperazine rings is 1. The summed E-state index contributed by atoms with van der Waals surface area (Å²) < 4.78 is 37.5. The standard InChI is InChI=1S/C21H20ClF3N2O/c22-18(20(28)21(23,24)25)15-26-11-13-27(14-12-26)19(16-7-3-1-4-8-16)17-9-5-2-6-10-17/h1-10,15,19H,11-14H2/b18-15-. The van der Waals surface area contributed by atoms with Crippen LogP contribution in [-0.2, 0) is 4.79 Å². The van der Waals surface area contributed by atoms with Gasteiger partial charge in [0.2, 0.25) is 0 Å². The molecule has 148 valence electrons. The normalized spacial score (nSPS) is 16.5. The minimum atomic E-state index is -4.96. The zero-order chi connectivity index (χ0) is 20.1. The maximum Gasteiger partial charge on any atom is 0.455 e. The SMILES string of the molecule is O=C(/C(Cl)=C/N1CCN(C(c2ccccc2)c2ccccc2)CC1)C(F)(F)F. The molecule has 0 atom stereocenters. The van der Waals surface area contributed by atoms with Gasteiger partial charge in [-0.05, 0) is 11.1 Å². The molecule has 0 aliphatic carbocycles. The summed E-state index contributed by atoms with van der Waals surface area (Å²) in [4.78, 5) is 15.2. The summed E-state index contributed by atoms with van der Waals surface area (Å²) in [7, 11) is 0. The van der Waals surface area contributed by atoms with Crippen LogP contribution >= 0.6 is 11.6 Å². The van der Waals surface area contributed by atoms with Gasteiger partial charge in [-0.2, -0.15) is 13.2 Å². The monoisotopic (exact) mass is 408 g/mol. The predicted octanol–water partition coefficient (Wildman–Crippen LogP) is 4.61. The van der Waals surface area contributed by atoms with Crippen LogP contribution in [0.2, 0.25) is 0 Å². The minimum Gasteiger partial charge on any atom is -0.373 e. The third-order valence-electron chi connectivity index (χ3n) is 4.71. The van der Waals surface area contributed by atoms with Crippen LogP contribution in [0.25, 0.3) is 0 Å². The summed E-state index contributed by atoms with van der Waals surface area (Å²) >= 11 is 5.58. The van der Waals surface area contributed by atoms with Crippen LogP contribution in [0.15, 0.2) is 71.9 Å². The molecule has 7 heteroatoms. The van der Waals surface area contributed by atoms with Crippen LogP contribution < -0.4 is 0 Å². The van der Waals surface area contributed by atoms with E-state index in [0.29, 0.717) is 26.2 Å². The first-order chi connectivity index (χ1) is 13.4. The topological polar surface area (TPSA) is 23.6 Å². The van der Waals surface area contributed by atoms with E-state index in [0.717, 1.165) is 17.3 Å². The fourth-order valence-corrected chi connectivity index (χ4v) is 3.61. The summed E-state index contributed by atoms with van der Waals surface area (Å²) in [5.74, 6) is -2.01. The third-order valence-corrected chi connectivity index (χ3v) is 4.98. The lowest BCUT2D eigenvalue weighted by Gasteiger charge is -2.39. The van der Waals surface area contributed by atoms with Crippen molar-refractivity contribution in [3.05, 3.63) is 83.0 Å². The molecule has 1 heterocycles. The Bertz CT molecular complexity index is 777. The fourth-order valence-electron chi connectivity index (χ4n) is 3.36. The Hall–Kier alpha value is -2.31. The summed E-state index contributed by atoms with van der Waals surface area (Å²) in [6.45, 7) is 2.24. The van der Waals surface area contributed by atoms with Crippen LogP contribution in [0.1, 0.15) is 17.2 Å². The lowest BCUT2D eigenvalue weighted by molar-refractivity contribution is -0.165. The molecular weight excluding hydrogens is 389 g/mol. The molecule has 1 aliphatic heterocycles. The van der Waals surface area contributed by atoms with Gasteiger partial charge >= 0.3 is 6.18 Å². The van der Waals surface area contributed by atoms with E-state index in [9.17, 15) is 18.0 Å². The zero-order valence-corrected chi connectivity index (χ0v) is 15.8. The molecule has 0 amide bonds. The number of benzene rings is 2. The molecule has 1 saturated heterocycles. The van der Waals surface area contributed by atoms with Crippen LogP contribution in [0, 0.1) is 0 Å². The number of hydrogen-bond acceptors (Lipinski definition) is 3. The Balaban J connectivity index is 1.74. The molecular formula is C21H20ClF3N2O. The molecule has 0 saturated carbocycles. The highest BCUT2D eigenvalue weighted by atomic mass is 35.5. The average molecular weight is 409 g/mol. The molecule has 0 radical (unpaired) electrons. The van der Waals surface area contributed by atoms with Crippen LogP contribution in [0.3, 0.4) is 0 Å². The maximum atomic E-state index is 12.5. The van der Waals surface area contributed by atoms with Gasteiger partial charge in [0, 0.05) is 32.4 Å². The van der Waals surface area contributed by atoms with Crippen molar-refractivity contribution in [2.45, 2.75) is 12.2 Å². The van der Waals surface area contributed by atoms with Gasteiger partial charge in [-0.15, -0.1) is 0 Å². The molecule has 3 nitrogen and oxygen atoms in total. The first-order valence-electron chi connectivity index (χ1n) is 8.93. The number of hydrogen-bond donors (Lipinski definition) is 0. The van der Waals surface area contributed by atoms with Crippen LogP contribution in [-0.4, -0.2) is 47.9 Å². The second-order valence-electron chi connectivity index (χ2n) is 6.60. The van der Waals surface area contributed by atoms with Gasteiger partial charge in [-0.1, -0.05) is 72.3 Å². The van der Waals surface area contributed by atoms with E-state index in [1.54, 1.807) is 4.90 Å². The Labute approximate surface area is 167 Å². The highest BCUT2D eigenvalue weighted by molar-refractivity contribution is 6.43. The van der Waals surface area contributed by atoms with E-state index in [1.165, 1.54) is 0 Å². The van der Waals surface area contributed by atoms with E-state index in [-0.39, 0.29) is 6.04 Å². The maximum absolute atomic E-state index is 12.5. The minimum absolute atomic E-state index is 0.0563. The van der Waals surface area contributed by atoms with Crippen molar-refractivity contribution in [1.29, 1.82) is 0 Å². The largest absolute Gasteiger partial charge is 0.455 e. The van der Waals surface area contributed by atoms with Gasteiger partial charge in [0.1, 0.15) is 5.03 Å². The Morgan fingerprint density at radius 1 is 0.893 bits per heavy atom. The lowest BCUT2D eigenvalue weighted by atomic mass is 9.96. The van der Waals surface area contributed by atoms with Crippen molar-refractivity contribution in [1.82, 2.24) is 9.80 Å². The summed E-state index contributed by atoms with van der Waals surface area (Å²) in [5.41, 5.74) is 2.31. The van der Waals surface area contributed by atoms with Crippen LogP contribution in [0.5, 0.6) is 0 Å². The fraction of sp³-hybridized carbons (Fsp3) is 0.286. The summed E-state index contributed by atoms with van der Waals surface area (Å²) in [6.07, 6.45) is -3.85. The smallest absolute Gasteiger partial charge is 0.373 e. The molecule has 0 bridgehead atoms. The van der Waals surface area contributed by atoms with Crippen molar-refractivity contribution in [2.75, 3.05) is 26.2 Å². The number of carbonyl (C=O) groups is 1. The predicted molar refractivity (Wildman–Crippen MR) is 103 cm³/mol. The average Bonchev–Trinajstić information content (AvgIpc) is 2.70. The first kappa shape index (κ1) is 20.4. The van der Waals surface area contributed by atoms with Crippen LogP contribution in [0.4, 0.5) is 13.2 Å². The van der Waals surface area contributed by atoms with Crippen molar-refractivity contribution in [3.8, 4) is 0 Å². The molecule has 3 rings (SSSR count). The number of nitrogens with zero attached hydrogens (tertiary/aromatic N) is 2. The molecule has 2 aromatic carbocycles. The molecule has 0 aromatic heterocycles. The molecule has 28 heavy (non-hydrogen) atoms. The summed E-state index contributed by atoms with van der Waals surface area (Å²) in [5, 5.41) is -0.802. The number of allylic oxidation sites excluding steroid dienone is 1. The van der Waals surface area contributed by atoms with Gasteiger partial charge in [0.05, 0.1) is 6.04 Å². The van der Waals surface area contributed by atoms with Crippen molar-refractivity contribution < 1.29 is 18.0 Å². The Morgan fingerprint density at radius 2 is 1.36 bits per heavy atom. The van der Waals surface area contributed by atoms with Gasteiger partial charge in [0.15, 0.2) is 0 Å². The molecule has 0 unspecified atom stereocenters. The van der Waals surface area contributed by atoms with Crippen molar-refractivity contribution in [3.63, 3.8) is 0 Å². The van der Waals surface area contributed by atoms with E-state index in [4.69, 9.17) is 11.6 Å². The van der Waals surface area contributed by atoms with Gasteiger partial charge in [-0.3, -0.25) is 9.69 Å². The Kier molecular flexibility index (Phi) is 6.42. The second kappa shape index (κ2) is 8.80. The number of halogens is 4. The number of carbonyl (C=O) groups excluding carboxylic acids is 1. The number of Topliss-reactive ketones (excluding diaryl/α,β-unsaturated/α-hetero) is 1. The van der Waals surface area contributed by atoms with E-state index < -0.39 is 17.0 Å². The summed E-state index contributed by atoms with van der Waals surface area (Å²) in [6, 6.07) is 20.2. The molecule has 1 fully saturated rings. The van der Waals surface area contributed by atoms with Gasteiger partial charge in [-0.25, -0.2) is 0 Å². The van der Waals surface area contributed by atoms with Crippen molar-refractivity contribution in [2.24, 2.45) is 0 Å². The van der Waals surface area contributed by atoms with Gasteiger partial charge in [0.25, 0.3) is 5.78 Å². The molecule has 2 aromatic rings. The van der Waals surface area contributed by atoms with Gasteiger partial charge < -0.3 is 4.90 Å². The molecule has 0 N–H and O–H groups in total. The van der Waals surface area contributed by atoms with E-state index in [2.05, 4.69) is 29.2 Å². The number of alkyl halides is 3. The van der Waals surface area contributed by atoms with Crippen molar-refractivity contribution >= 4 is 17.4 Å². The number of rotatable bonds is 5. The zero-order valence-electron chi connectivity index (χ0n) is 15.1. The quantitative estimate of drug-likeness (QED) is 0.675. The Morgan fingerprint density at radius 3 is 1.79 bits per heavy atom.